The zero-order valence-electron chi connectivity index (χ0n) is 17.6. The molecule has 6 nitrogen and oxygen atoms in total. The normalized spacial score (nSPS) is 11.1. The van der Waals surface area contributed by atoms with Crippen molar-refractivity contribution in [3.8, 4) is 5.69 Å². The molecule has 0 bridgehead atoms. The van der Waals surface area contributed by atoms with E-state index in [-0.39, 0.29) is 5.91 Å². The van der Waals surface area contributed by atoms with Crippen molar-refractivity contribution in [3.63, 3.8) is 0 Å². The second-order valence-electron chi connectivity index (χ2n) is 7.22. The fraction of sp³-hybridized carbons (Fsp3) is 0.261. The van der Waals surface area contributed by atoms with Gasteiger partial charge in [-0.1, -0.05) is 6.07 Å². The summed E-state index contributed by atoms with van der Waals surface area (Å²) in [5.74, 6) is -0.109. The fourth-order valence-corrected chi connectivity index (χ4v) is 4.17. The second kappa shape index (κ2) is 8.28. The monoisotopic (exact) mass is 419 g/mol. The number of hydrogen-bond acceptors (Lipinski definition) is 5. The van der Waals surface area contributed by atoms with Crippen LogP contribution >= 0.6 is 11.3 Å². The molecule has 4 aromatic rings. The van der Waals surface area contributed by atoms with Crippen LogP contribution in [0.15, 0.2) is 47.8 Å². The molecule has 2 aromatic heterocycles. The van der Waals surface area contributed by atoms with Crippen LogP contribution in [0.1, 0.15) is 34.6 Å². The Hall–Kier alpha value is -3.19. The molecule has 1 N–H and O–H groups in total. The third-order valence-corrected chi connectivity index (χ3v) is 6.11. The average Bonchev–Trinajstić information content (AvgIpc) is 3.39. The third-order valence-electron chi connectivity index (χ3n) is 5.24. The minimum Gasteiger partial charge on any atom is -0.372 e. The number of thiophene rings is 1. The third kappa shape index (κ3) is 3.80. The zero-order valence-corrected chi connectivity index (χ0v) is 18.5. The van der Waals surface area contributed by atoms with E-state index in [1.165, 1.54) is 17.0 Å². The van der Waals surface area contributed by atoms with Gasteiger partial charge in [-0.15, -0.1) is 21.5 Å². The molecule has 154 valence electrons. The van der Waals surface area contributed by atoms with E-state index in [1.54, 1.807) is 4.80 Å². The zero-order chi connectivity index (χ0) is 21.3. The Labute approximate surface area is 180 Å². The standard InChI is InChI=1S/C23H25N5OS/c1-5-27(6-2)17-9-10-21(16(4)12-17)28-25-19-13-15(3)18(14-20(19)26-28)24-23(29)22-8-7-11-30-22/h7-14H,5-6H2,1-4H3,(H,24,29). The number of nitrogens with one attached hydrogen (secondary N) is 1. The van der Waals surface area contributed by atoms with Gasteiger partial charge in [0.15, 0.2) is 0 Å². The van der Waals surface area contributed by atoms with Crippen LogP contribution in [0.3, 0.4) is 0 Å². The minimum atomic E-state index is -0.109. The molecule has 2 aromatic carbocycles. The predicted molar refractivity (Wildman–Crippen MR) is 124 cm³/mol. The first-order valence-corrected chi connectivity index (χ1v) is 11.0. The molecule has 1 amide bonds. The number of anilines is 2. The highest BCUT2D eigenvalue weighted by Crippen LogP contribution is 2.25. The van der Waals surface area contributed by atoms with Crippen molar-refractivity contribution >= 4 is 39.7 Å². The Kier molecular flexibility index (Phi) is 5.55. The number of fused-ring (bicyclic) bond motifs is 1. The maximum absolute atomic E-state index is 12.4. The molecule has 0 aliphatic rings. The highest BCUT2D eigenvalue weighted by Gasteiger charge is 2.14. The lowest BCUT2D eigenvalue weighted by Gasteiger charge is -2.22. The number of nitrogens with zero attached hydrogens (tertiary/aromatic N) is 4. The Morgan fingerprint density at radius 1 is 1.03 bits per heavy atom. The van der Waals surface area contributed by atoms with Crippen molar-refractivity contribution in [2.24, 2.45) is 0 Å². The van der Waals surface area contributed by atoms with Gasteiger partial charge < -0.3 is 10.2 Å². The summed E-state index contributed by atoms with van der Waals surface area (Å²) in [5, 5.41) is 14.2. The van der Waals surface area contributed by atoms with Gasteiger partial charge in [0.25, 0.3) is 5.91 Å². The molecule has 0 aliphatic heterocycles. The van der Waals surface area contributed by atoms with Gasteiger partial charge in [-0.05, 0) is 80.6 Å². The van der Waals surface area contributed by atoms with Crippen molar-refractivity contribution < 1.29 is 4.79 Å². The average molecular weight is 420 g/mol. The maximum Gasteiger partial charge on any atom is 0.265 e. The van der Waals surface area contributed by atoms with Crippen LogP contribution in [-0.2, 0) is 0 Å². The van der Waals surface area contributed by atoms with Crippen LogP contribution < -0.4 is 10.2 Å². The predicted octanol–water partition coefficient (Wildman–Crippen LogP) is 5.20. The lowest BCUT2D eigenvalue weighted by molar-refractivity contribution is 0.103. The Morgan fingerprint density at radius 3 is 2.40 bits per heavy atom. The molecule has 0 spiro atoms. The maximum atomic E-state index is 12.4. The number of carbonyl (C=O) groups excluding carboxylic acids is 1. The molecule has 30 heavy (non-hydrogen) atoms. The number of amides is 1. The molecule has 0 atom stereocenters. The number of aryl methyl sites for hydroxylation is 2. The van der Waals surface area contributed by atoms with Crippen molar-refractivity contribution in [1.82, 2.24) is 15.0 Å². The topological polar surface area (TPSA) is 63.1 Å². The van der Waals surface area contributed by atoms with Gasteiger partial charge in [-0.3, -0.25) is 4.79 Å². The van der Waals surface area contributed by atoms with Gasteiger partial charge in [-0.2, -0.15) is 4.80 Å². The molecule has 7 heteroatoms. The fourth-order valence-electron chi connectivity index (χ4n) is 3.55. The summed E-state index contributed by atoms with van der Waals surface area (Å²) in [6.45, 7) is 10.3. The van der Waals surface area contributed by atoms with Crippen LogP contribution in [0.4, 0.5) is 11.4 Å². The molecule has 2 heterocycles. The molecule has 0 fully saturated rings. The van der Waals surface area contributed by atoms with Crippen molar-refractivity contribution in [1.29, 1.82) is 0 Å². The van der Waals surface area contributed by atoms with Crippen LogP contribution in [0.5, 0.6) is 0 Å². The smallest absolute Gasteiger partial charge is 0.265 e. The first-order chi connectivity index (χ1) is 14.5. The minimum absolute atomic E-state index is 0.109. The summed E-state index contributed by atoms with van der Waals surface area (Å²) in [6.07, 6.45) is 0. The van der Waals surface area contributed by atoms with E-state index in [2.05, 4.69) is 59.4 Å². The van der Waals surface area contributed by atoms with Crippen molar-refractivity contribution in [2.75, 3.05) is 23.3 Å². The SMILES string of the molecule is CCN(CC)c1ccc(-n2nc3cc(C)c(NC(=O)c4cccs4)cc3n2)c(C)c1. The molecule has 4 rings (SSSR count). The lowest BCUT2D eigenvalue weighted by Crippen LogP contribution is -2.21. The van der Waals surface area contributed by atoms with Gasteiger partial charge in [0.2, 0.25) is 0 Å². The summed E-state index contributed by atoms with van der Waals surface area (Å²) < 4.78 is 0. The number of aromatic nitrogens is 3. The Morgan fingerprint density at radius 2 is 1.77 bits per heavy atom. The summed E-state index contributed by atoms with van der Waals surface area (Å²) in [7, 11) is 0. The number of benzene rings is 2. The van der Waals surface area contributed by atoms with E-state index < -0.39 is 0 Å². The molecular formula is C23H25N5OS. The lowest BCUT2D eigenvalue weighted by atomic mass is 10.1. The van der Waals surface area contributed by atoms with Crippen LogP contribution in [0, 0.1) is 13.8 Å². The van der Waals surface area contributed by atoms with Crippen molar-refractivity contribution in [3.05, 3.63) is 63.8 Å². The van der Waals surface area contributed by atoms with E-state index in [9.17, 15) is 4.79 Å². The van der Waals surface area contributed by atoms with E-state index in [1.807, 2.05) is 36.6 Å². The first kappa shape index (κ1) is 20.1. The summed E-state index contributed by atoms with van der Waals surface area (Å²) in [6, 6.07) is 13.9. The van der Waals surface area contributed by atoms with Gasteiger partial charge in [0.1, 0.15) is 11.0 Å². The van der Waals surface area contributed by atoms with Crippen LogP contribution in [0.25, 0.3) is 16.7 Å². The first-order valence-electron chi connectivity index (χ1n) is 10.1. The molecule has 0 aliphatic carbocycles. The van der Waals surface area contributed by atoms with E-state index in [0.29, 0.717) is 4.88 Å². The van der Waals surface area contributed by atoms with Gasteiger partial charge in [0.05, 0.1) is 10.6 Å². The number of rotatable bonds is 6. The van der Waals surface area contributed by atoms with E-state index in [4.69, 9.17) is 0 Å². The van der Waals surface area contributed by atoms with Crippen LogP contribution in [-0.4, -0.2) is 34.0 Å². The summed E-state index contributed by atoms with van der Waals surface area (Å²) in [5.41, 5.74) is 6.51. The van der Waals surface area contributed by atoms with E-state index >= 15 is 0 Å². The highest BCUT2D eigenvalue weighted by molar-refractivity contribution is 7.12. The summed E-state index contributed by atoms with van der Waals surface area (Å²) in [4.78, 5) is 17.1. The van der Waals surface area contributed by atoms with Gasteiger partial charge >= 0.3 is 0 Å². The molecule has 0 saturated carbocycles. The molecule has 0 unspecified atom stereocenters. The van der Waals surface area contributed by atoms with E-state index in [0.717, 1.165) is 46.6 Å². The molecular weight excluding hydrogens is 394 g/mol. The molecule has 0 saturated heterocycles. The largest absolute Gasteiger partial charge is 0.372 e. The Bertz CT molecular complexity index is 1190. The number of carbonyl (C=O) groups is 1. The highest BCUT2D eigenvalue weighted by atomic mass is 32.1. The van der Waals surface area contributed by atoms with Crippen LogP contribution in [0.2, 0.25) is 0 Å². The van der Waals surface area contributed by atoms with Crippen molar-refractivity contribution in [2.45, 2.75) is 27.7 Å². The Balaban J connectivity index is 1.66. The second-order valence-corrected chi connectivity index (χ2v) is 8.17. The molecule has 0 radical (unpaired) electrons. The van der Waals surface area contributed by atoms with Gasteiger partial charge in [-0.25, -0.2) is 0 Å². The summed E-state index contributed by atoms with van der Waals surface area (Å²) >= 11 is 1.42. The van der Waals surface area contributed by atoms with Gasteiger partial charge in [0, 0.05) is 24.5 Å². The quantitative estimate of drug-likeness (QED) is 0.467. The number of hydrogen-bond donors (Lipinski definition) is 1.